The summed E-state index contributed by atoms with van der Waals surface area (Å²) in [6.07, 6.45) is 1.57. The van der Waals surface area contributed by atoms with Crippen LogP contribution in [0.25, 0.3) is 27.6 Å². The van der Waals surface area contributed by atoms with E-state index in [1.165, 1.54) is 5.39 Å². The lowest BCUT2D eigenvalue weighted by Crippen LogP contribution is -2.13. The van der Waals surface area contributed by atoms with Gasteiger partial charge in [-0.3, -0.25) is 4.79 Å². The molecule has 0 radical (unpaired) electrons. The molecule has 1 N–H and O–H groups in total. The monoisotopic (exact) mass is 532 g/mol. The second kappa shape index (κ2) is 10.5. The van der Waals surface area contributed by atoms with Crippen molar-refractivity contribution in [3.05, 3.63) is 124 Å². The summed E-state index contributed by atoms with van der Waals surface area (Å²) in [7, 11) is 0. The van der Waals surface area contributed by atoms with E-state index in [1.807, 2.05) is 84.9 Å². The van der Waals surface area contributed by atoms with E-state index in [4.69, 9.17) is 4.74 Å². The maximum Gasteiger partial charge on any atom is 0.266 e. The van der Waals surface area contributed by atoms with Crippen LogP contribution in [0, 0.1) is 11.3 Å². The number of hydrogen-bond acceptors (Lipinski definition) is 3. The zero-order valence-electron chi connectivity index (χ0n) is 19.2. The van der Waals surface area contributed by atoms with Crippen LogP contribution >= 0.6 is 15.9 Å². The SMILES string of the molecule is N#C/C(=C\c1ccc(OCc2cccc3ccccc23)c(Br)c1)C(=O)Nc1ccc2ccccc2c1. The van der Waals surface area contributed by atoms with Crippen LogP contribution in [-0.4, -0.2) is 5.91 Å². The molecule has 0 aliphatic heterocycles. The third-order valence-corrected chi connectivity index (χ3v) is 6.52. The summed E-state index contributed by atoms with van der Waals surface area (Å²) in [4.78, 5) is 12.8. The molecule has 4 nitrogen and oxygen atoms in total. The van der Waals surface area contributed by atoms with Gasteiger partial charge in [0.1, 0.15) is 24.0 Å². The molecule has 0 unspecified atom stereocenters. The molecule has 0 aliphatic carbocycles. The fraction of sp³-hybridized carbons (Fsp3) is 0.0323. The zero-order chi connectivity index (χ0) is 24.9. The summed E-state index contributed by atoms with van der Waals surface area (Å²) in [5, 5.41) is 16.9. The Kier molecular flexibility index (Phi) is 6.79. The largest absolute Gasteiger partial charge is 0.488 e. The van der Waals surface area contributed by atoms with Crippen LogP contribution in [0.15, 0.2) is 113 Å². The van der Waals surface area contributed by atoms with Gasteiger partial charge in [0.25, 0.3) is 5.91 Å². The molecule has 174 valence electrons. The highest BCUT2D eigenvalue weighted by atomic mass is 79.9. The standard InChI is InChI=1S/C31H21BrN2O2/c32-29-17-21(12-15-30(29)36-20-25-10-5-9-23-7-3-4-11-28(23)25)16-26(19-33)31(35)34-27-14-13-22-6-1-2-8-24(22)18-27/h1-18H,20H2,(H,34,35)/b26-16+. The average Bonchev–Trinajstić information content (AvgIpc) is 2.91. The van der Waals surface area contributed by atoms with Crippen LogP contribution in [0.3, 0.4) is 0 Å². The number of anilines is 1. The fourth-order valence-corrected chi connectivity index (χ4v) is 4.59. The van der Waals surface area contributed by atoms with Crippen LogP contribution < -0.4 is 10.1 Å². The Morgan fingerprint density at radius 2 is 1.61 bits per heavy atom. The van der Waals surface area contributed by atoms with Gasteiger partial charge in [-0.2, -0.15) is 5.26 Å². The highest BCUT2D eigenvalue weighted by Crippen LogP contribution is 2.29. The van der Waals surface area contributed by atoms with Crippen molar-refractivity contribution in [1.29, 1.82) is 5.26 Å². The number of amides is 1. The van der Waals surface area contributed by atoms with Gasteiger partial charge in [0.15, 0.2) is 0 Å². The minimum absolute atomic E-state index is 0.0134. The Morgan fingerprint density at radius 1 is 0.861 bits per heavy atom. The van der Waals surface area contributed by atoms with E-state index >= 15 is 0 Å². The van der Waals surface area contributed by atoms with Crippen LogP contribution in [0.5, 0.6) is 5.75 Å². The summed E-state index contributed by atoms with van der Waals surface area (Å²) in [5.74, 6) is 0.222. The predicted molar refractivity (Wildman–Crippen MR) is 149 cm³/mol. The van der Waals surface area contributed by atoms with Crippen molar-refractivity contribution in [2.45, 2.75) is 6.61 Å². The number of carbonyl (C=O) groups excluding carboxylic acids is 1. The Hall–Kier alpha value is -4.40. The average molecular weight is 533 g/mol. The summed E-state index contributed by atoms with van der Waals surface area (Å²) in [6.45, 7) is 0.423. The van der Waals surface area contributed by atoms with Crippen molar-refractivity contribution in [2.75, 3.05) is 5.32 Å². The van der Waals surface area contributed by atoms with E-state index in [9.17, 15) is 10.1 Å². The maximum atomic E-state index is 12.8. The van der Waals surface area contributed by atoms with Gasteiger partial charge in [0, 0.05) is 5.69 Å². The van der Waals surface area contributed by atoms with Crippen molar-refractivity contribution in [2.24, 2.45) is 0 Å². The first-order valence-electron chi connectivity index (χ1n) is 11.4. The topological polar surface area (TPSA) is 62.1 Å². The molecular formula is C31H21BrN2O2. The number of nitriles is 1. The van der Waals surface area contributed by atoms with E-state index in [0.29, 0.717) is 23.6 Å². The quantitative estimate of drug-likeness (QED) is 0.178. The first-order chi connectivity index (χ1) is 17.6. The first-order valence-corrected chi connectivity index (χ1v) is 12.2. The lowest BCUT2D eigenvalue weighted by molar-refractivity contribution is -0.112. The summed E-state index contributed by atoms with van der Waals surface area (Å²) in [5.41, 5.74) is 2.46. The van der Waals surface area contributed by atoms with Gasteiger partial charge in [0.05, 0.1) is 4.47 Å². The van der Waals surface area contributed by atoms with Crippen LogP contribution in [0.2, 0.25) is 0 Å². The van der Waals surface area contributed by atoms with E-state index in [2.05, 4.69) is 45.5 Å². The number of ether oxygens (including phenoxy) is 1. The molecule has 0 aromatic heterocycles. The zero-order valence-corrected chi connectivity index (χ0v) is 20.8. The molecule has 0 saturated carbocycles. The van der Waals surface area contributed by atoms with Crippen LogP contribution in [0.1, 0.15) is 11.1 Å². The second-order valence-electron chi connectivity index (χ2n) is 8.30. The van der Waals surface area contributed by atoms with Crippen molar-refractivity contribution in [3.63, 3.8) is 0 Å². The van der Waals surface area contributed by atoms with Gasteiger partial charge in [-0.05, 0) is 78.9 Å². The van der Waals surface area contributed by atoms with Crippen molar-refractivity contribution >= 4 is 55.1 Å². The number of benzene rings is 5. The highest BCUT2D eigenvalue weighted by molar-refractivity contribution is 9.10. The third kappa shape index (κ3) is 5.14. The molecule has 36 heavy (non-hydrogen) atoms. The van der Waals surface area contributed by atoms with Crippen molar-refractivity contribution in [3.8, 4) is 11.8 Å². The lowest BCUT2D eigenvalue weighted by atomic mass is 10.1. The number of nitrogens with one attached hydrogen (secondary N) is 1. The maximum absolute atomic E-state index is 12.8. The highest BCUT2D eigenvalue weighted by Gasteiger charge is 2.11. The van der Waals surface area contributed by atoms with Crippen LogP contribution in [-0.2, 0) is 11.4 Å². The molecule has 0 fully saturated rings. The lowest BCUT2D eigenvalue weighted by Gasteiger charge is -2.11. The molecule has 5 aromatic carbocycles. The third-order valence-electron chi connectivity index (χ3n) is 5.90. The number of fused-ring (bicyclic) bond motifs is 2. The molecule has 5 heteroatoms. The predicted octanol–water partition coefficient (Wildman–Crippen LogP) is 7.88. The van der Waals surface area contributed by atoms with E-state index < -0.39 is 5.91 Å². The number of halogens is 1. The van der Waals surface area contributed by atoms with E-state index in [1.54, 1.807) is 6.08 Å². The van der Waals surface area contributed by atoms with Crippen molar-refractivity contribution in [1.82, 2.24) is 0 Å². The van der Waals surface area contributed by atoms with Crippen molar-refractivity contribution < 1.29 is 9.53 Å². The smallest absolute Gasteiger partial charge is 0.266 e. The van der Waals surface area contributed by atoms with Gasteiger partial charge in [-0.1, -0.05) is 78.9 Å². The second-order valence-corrected chi connectivity index (χ2v) is 9.16. The Bertz CT molecular complexity index is 1660. The van der Waals surface area contributed by atoms with Gasteiger partial charge < -0.3 is 10.1 Å². The Morgan fingerprint density at radius 3 is 2.42 bits per heavy atom. The summed E-state index contributed by atoms with van der Waals surface area (Å²) >= 11 is 3.56. The fourth-order valence-electron chi connectivity index (χ4n) is 4.08. The number of rotatable bonds is 6. The molecule has 0 atom stereocenters. The van der Waals surface area contributed by atoms with Gasteiger partial charge in [-0.15, -0.1) is 0 Å². The minimum Gasteiger partial charge on any atom is -0.488 e. The molecule has 0 saturated heterocycles. The molecule has 0 bridgehead atoms. The summed E-state index contributed by atoms with van der Waals surface area (Å²) < 4.78 is 6.81. The first kappa shape index (κ1) is 23.3. The summed E-state index contributed by atoms with van der Waals surface area (Å²) in [6, 6.07) is 35.4. The van der Waals surface area contributed by atoms with Crippen LogP contribution in [0.4, 0.5) is 5.69 Å². The molecule has 1 amide bonds. The van der Waals surface area contributed by atoms with E-state index in [0.717, 1.165) is 26.2 Å². The molecule has 5 rings (SSSR count). The van der Waals surface area contributed by atoms with Gasteiger partial charge in [-0.25, -0.2) is 0 Å². The molecule has 5 aromatic rings. The number of carbonyl (C=O) groups is 1. The number of hydrogen-bond donors (Lipinski definition) is 1. The normalized spacial score (nSPS) is 11.3. The van der Waals surface area contributed by atoms with E-state index in [-0.39, 0.29) is 5.57 Å². The number of nitrogens with zero attached hydrogens (tertiary/aromatic N) is 1. The molecule has 0 spiro atoms. The Balaban J connectivity index is 1.30. The molecule has 0 aliphatic rings. The molecular weight excluding hydrogens is 512 g/mol. The van der Waals surface area contributed by atoms with Gasteiger partial charge in [0.2, 0.25) is 0 Å². The minimum atomic E-state index is -0.458. The Labute approximate surface area is 217 Å². The van der Waals surface area contributed by atoms with Gasteiger partial charge >= 0.3 is 0 Å². The molecule has 0 heterocycles.